The third-order valence-electron chi connectivity index (χ3n) is 4.25. The van der Waals surface area contributed by atoms with Gasteiger partial charge in [-0.1, -0.05) is 96.4 Å². The van der Waals surface area contributed by atoms with Crippen LogP contribution in [0.4, 0.5) is 11.4 Å². The van der Waals surface area contributed by atoms with Gasteiger partial charge in [-0.25, -0.2) is 0 Å². The number of hydrogen-bond donors (Lipinski definition) is 0. The second-order valence-electron chi connectivity index (χ2n) is 6.61. The van der Waals surface area contributed by atoms with E-state index in [9.17, 15) is 20.4 Å². The molecule has 4 aromatic rings. The molecule has 0 aliphatic carbocycles. The van der Waals surface area contributed by atoms with Gasteiger partial charge >= 0.3 is 32.3 Å². The van der Waals surface area contributed by atoms with Crippen LogP contribution >= 0.6 is 0 Å². The number of hydrogen-bond acceptors (Lipinski definition) is 8. The van der Waals surface area contributed by atoms with Crippen LogP contribution in [0.15, 0.2) is 107 Å². The first-order valence-corrected chi connectivity index (χ1v) is 13.5. The minimum atomic E-state index is -2.51. The molecule has 0 aliphatic heterocycles. The number of rotatable bonds is 4. The van der Waals surface area contributed by atoms with Crippen molar-refractivity contribution in [2.24, 2.45) is 9.98 Å². The molecule has 0 fully saturated rings. The van der Waals surface area contributed by atoms with Crippen molar-refractivity contribution in [2.45, 2.75) is 0 Å². The predicted molar refractivity (Wildman–Crippen MR) is 119 cm³/mol. The molecule has 0 atom stereocenters. The topological polar surface area (TPSA) is 151 Å². The third-order valence-corrected chi connectivity index (χ3v) is 4.25. The molecule has 176 valence electrons. The van der Waals surface area contributed by atoms with Gasteiger partial charge in [0.1, 0.15) is 0 Å². The number of nitrogens with zero attached hydrogens (tertiary/aromatic N) is 2. The van der Waals surface area contributed by atoms with Crippen LogP contribution in [0.3, 0.4) is 0 Å². The molecule has 0 amide bonds. The second kappa shape index (κ2) is 15.1. The number of aliphatic imine (C=N–C) groups is 2. The van der Waals surface area contributed by atoms with Crippen molar-refractivity contribution in [1.29, 1.82) is 0 Å². The summed E-state index contributed by atoms with van der Waals surface area (Å²) in [5, 5.41) is 45.4. The molecule has 0 heterocycles. The van der Waals surface area contributed by atoms with Crippen molar-refractivity contribution in [3.05, 3.63) is 108 Å². The fourth-order valence-electron chi connectivity index (χ4n) is 2.58. The van der Waals surface area contributed by atoms with Gasteiger partial charge in [0.15, 0.2) is 0 Å². The van der Waals surface area contributed by atoms with Crippen molar-refractivity contribution in [2.75, 3.05) is 0 Å². The number of para-hydroxylation sites is 6. The molecule has 0 aromatic heterocycles. The average molecular weight is 692 g/mol. The maximum absolute atomic E-state index is 11.4. The first-order chi connectivity index (χ1) is 17.0. The Balaban J connectivity index is 0.000000222. The summed E-state index contributed by atoms with van der Waals surface area (Å²) in [5.41, 5.74) is 1.63. The molecule has 0 spiro atoms. The van der Waals surface area contributed by atoms with Gasteiger partial charge in [0.05, 0.1) is 11.4 Å². The van der Waals surface area contributed by atoms with Gasteiger partial charge in [-0.05, 0) is 23.3 Å². The Hall–Kier alpha value is -3.93. The Morgan fingerprint density at radius 1 is 0.486 bits per heavy atom. The quantitative estimate of drug-likeness (QED) is 0.300. The zero-order chi connectivity index (χ0) is 25.5. The summed E-state index contributed by atoms with van der Waals surface area (Å²) in [6, 6.07) is 26.0. The normalized spacial score (nSPS) is 10.1. The summed E-state index contributed by atoms with van der Waals surface area (Å²) in [6.45, 7) is 0. The van der Waals surface area contributed by atoms with E-state index in [-0.39, 0.29) is 23.0 Å². The van der Waals surface area contributed by atoms with Gasteiger partial charge in [-0.3, -0.25) is 9.98 Å². The Kier molecular flexibility index (Phi) is 11.8. The zero-order valence-corrected chi connectivity index (χ0v) is 22.4. The summed E-state index contributed by atoms with van der Waals surface area (Å²) in [5.74, 6) is -0.506. The minimum absolute atomic E-state index is 0.102. The van der Waals surface area contributed by atoms with Crippen LogP contribution in [0, 0.1) is 27.8 Å². The van der Waals surface area contributed by atoms with Crippen LogP contribution in [-0.4, -0.2) is 12.4 Å². The first-order valence-electron chi connectivity index (χ1n) is 10.1. The molecule has 35 heavy (non-hydrogen) atoms. The van der Waals surface area contributed by atoms with E-state index in [1.807, 2.05) is 0 Å². The Morgan fingerprint density at radius 3 is 1.09 bits per heavy atom. The van der Waals surface area contributed by atoms with E-state index < -0.39 is 27.8 Å². The molecular weight excluding hydrogens is 674 g/mol. The van der Waals surface area contributed by atoms with E-state index in [0.29, 0.717) is 22.5 Å². The summed E-state index contributed by atoms with van der Waals surface area (Å²) < 4.78 is 17.2. The van der Waals surface area contributed by atoms with Crippen molar-refractivity contribution >= 4 is 23.8 Å². The summed E-state index contributed by atoms with van der Waals surface area (Å²) in [4.78, 5) is 8.00. The van der Waals surface area contributed by atoms with Crippen LogP contribution in [0.1, 0.15) is 11.1 Å². The summed E-state index contributed by atoms with van der Waals surface area (Å²) in [7, 11) is 0. The fraction of sp³-hybridized carbons (Fsp3) is 0. The van der Waals surface area contributed by atoms with E-state index in [4.69, 9.17) is 4.47 Å². The summed E-state index contributed by atoms with van der Waals surface area (Å²) in [6.07, 6.45) is 2.83. The molecule has 0 unspecified atom stereocenters. The van der Waals surface area contributed by atoms with E-state index in [1.54, 1.807) is 72.8 Å². The molecule has 0 bridgehead atoms. The SMILES string of the molecule is [O-]c1ccccc1C=Nc1ccccc1[O-].[O-]c1ccccc1C=Nc1ccccc1[O-].[O]=[U]=[O]. The van der Waals surface area contributed by atoms with Crippen molar-refractivity contribution in [3.8, 4) is 23.0 Å². The molecule has 9 heteroatoms. The fourth-order valence-corrected chi connectivity index (χ4v) is 2.58. The van der Waals surface area contributed by atoms with E-state index >= 15 is 0 Å². The van der Waals surface area contributed by atoms with Crippen molar-refractivity contribution in [1.82, 2.24) is 0 Å². The van der Waals surface area contributed by atoms with Crippen LogP contribution < -0.4 is 20.4 Å². The maximum atomic E-state index is 11.4. The molecule has 0 N–H and O–H groups in total. The standard InChI is InChI=1S/2C13H11NO2.2O.U/c2*15-12-7-3-1-5-10(12)9-14-11-6-2-4-8-13(11)16;;;/h2*1-9,15-16H;;;/p-4. The molecule has 4 aromatic carbocycles. The van der Waals surface area contributed by atoms with Crippen molar-refractivity contribution in [3.63, 3.8) is 0 Å². The van der Waals surface area contributed by atoms with Gasteiger partial charge < -0.3 is 20.4 Å². The molecule has 4 rings (SSSR count). The van der Waals surface area contributed by atoms with Crippen LogP contribution in [0.5, 0.6) is 23.0 Å². The van der Waals surface area contributed by atoms with Gasteiger partial charge in [-0.15, -0.1) is 11.5 Å². The van der Waals surface area contributed by atoms with Crippen LogP contribution in [-0.2, 0) is 4.47 Å². The Morgan fingerprint density at radius 2 is 0.771 bits per heavy atom. The summed E-state index contributed by atoms with van der Waals surface area (Å²) >= 11 is -2.51. The Bertz CT molecular complexity index is 1140. The predicted octanol–water partition coefficient (Wildman–Crippen LogP) is 2.93. The third kappa shape index (κ3) is 9.45. The van der Waals surface area contributed by atoms with Crippen LogP contribution in [0.25, 0.3) is 0 Å². The van der Waals surface area contributed by atoms with Gasteiger partial charge in [-0.2, -0.15) is 0 Å². The molecule has 0 radical (unpaired) electrons. The Labute approximate surface area is 216 Å². The first kappa shape index (κ1) is 27.3. The van der Waals surface area contributed by atoms with E-state index in [2.05, 4.69) is 9.98 Å². The number of benzene rings is 4. The molecular formula is C26H18N2O6U-4. The molecule has 0 saturated heterocycles. The zero-order valence-electron chi connectivity index (χ0n) is 18.2. The molecule has 0 saturated carbocycles. The van der Waals surface area contributed by atoms with Crippen molar-refractivity contribution < 1.29 is 52.7 Å². The molecule has 0 aliphatic rings. The van der Waals surface area contributed by atoms with Gasteiger partial charge in [0.2, 0.25) is 0 Å². The second-order valence-corrected chi connectivity index (χ2v) is 7.30. The average Bonchev–Trinajstić information content (AvgIpc) is 2.86. The van der Waals surface area contributed by atoms with E-state index in [0.717, 1.165) is 0 Å². The van der Waals surface area contributed by atoms with Gasteiger partial charge in [0, 0.05) is 12.4 Å². The molecule has 8 nitrogen and oxygen atoms in total. The van der Waals surface area contributed by atoms with Crippen LogP contribution in [0.2, 0.25) is 0 Å². The van der Waals surface area contributed by atoms with Gasteiger partial charge in [0.25, 0.3) is 0 Å². The van der Waals surface area contributed by atoms with E-state index in [1.165, 1.54) is 36.7 Å². The monoisotopic (exact) mass is 692 g/mol.